The summed E-state index contributed by atoms with van der Waals surface area (Å²) in [6.07, 6.45) is 3.97. The number of rotatable bonds is 2. The third-order valence-corrected chi connectivity index (χ3v) is 3.78. The summed E-state index contributed by atoms with van der Waals surface area (Å²) in [5.74, 6) is 1.25. The maximum absolute atomic E-state index is 12.3. The van der Waals surface area contributed by atoms with Gasteiger partial charge in [-0.05, 0) is 6.92 Å². The fourth-order valence-electron chi connectivity index (χ4n) is 2.69. The van der Waals surface area contributed by atoms with E-state index in [0.717, 1.165) is 25.5 Å². The maximum atomic E-state index is 12.3. The van der Waals surface area contributed by atoms with Gasteiger partial charge in [-0.3, -0.25) is 9.69 Å². The fourth-order valence-corrected chi connectivity index (χ4v) is 2.69. The van der Waals surface area contributed by atoms with E-state index >= 15 is 0 Å². The van der Waals surface area contributed by atoms with Gasteiger partial charge in [0.15, 0.2) is 0 Å². The van der Waals surface area contributed by atoms with E-state index in [0.29, 0.717) is 26.2 Å². The molecule has 0 aromatic carbocycles. The molecule has 0 unspecified atom stereocenters. The fraction of sp³-hybridized carbons (Fsp3) is 0.692. The molecule has 3 rings (SSSR count). The minimum absolute atomic E-state index is 0.151. The second-order valence-corrected chi connectivity index (χ2v) is 5.27. The van der Waals surface area contributed by atoms with E-state index in [4.69, 9.17) is 4.74 Å². The Kier molecular flexibility index (Phi) is 3.52. The topological polar surface area (TPSA) is 50.6 Å². The minimum Gasteiger partial charge on any atom is -0.375 e. The Morgan fingerprint density at radius 2 is 2.37 bits per heavy atom. The van der Waals surface area contributed by atoms with E-state index in [1.165, 1.54) is 0 Å². The predicted molar refractivity (Wildman–Crippen MR) is 69.5 cm³/mol. The molecule has 1 atom stereocenters. The van der Waals surface area contributed by atoms with Crippen molar-refractivity contribution in [2.24, 2.45) is 0 Å². The molecule has 2 aliphatic rings. The molecule has 3 heterocycles. The molecule has 1 aromatic heterocycles. The van der Waals surface area contributed by atoms with Crippen molar-refractivity contribution < 1.29 is 9.53 Å². The van der Waals surface area contributed by atoms with Crippen LogP contribution in [-0.2, 0) is 22.6 Å². The highest BCUT2D eigenvalue weighted by molar-refractivity contribution is 5.78. The number of nitrogens with zero attached hydrogens (tertiary/aromatic N) is 4. The molecule has 6 nitrogen and oxygen atoms in total. The minimum atomic E-state index is 0.151. The molecule has 0 spiro atoms. The predicted octanol–water partition coefficient (Wildman–Crippen LogP) is -0.0540. The van der Waals surface area contributed by atoms with Crippen LogP contribution < -0.4 is 0 Å². The number of amides is 1. The standard InChI is InChI=1S/C13H20N4O2/c1-11-8-17(6-7-19-11)13(18)10-15-4-5-16-3-2-14-12(16)9-15/h2-3,11H,4-10H2,1H3/t11-/m0/s1. The van der Waals surface area contributed by atoms with Crippen molar-refractivity contribution in [3.05, 3.63) is 18.2 Å². The zero-order chi connectivity index (χ0) is 13.2. The highest BCUT2D eigenvalue weighted by Gasteiger charge is 2.24. The zero-order valence-electron chi connectivity index (χ0n) is 11.3. The van der Waals surface area contributed by atoms with E-state index < -0.39 is 0 Å². The number of carbonyl (C=O) groups excluding carboxylic acids is 1. The van der Waals surface area contributed by atoms with E-state index in [9.17, 15) is 4.79 Å². The average molecular weight is 264 g/mol. The Morgan fingerprint density at radius 1 is 1.47 bits per heavy atom. The Hall–Kier alpha value is -1.40. The van der Waals surface area contributed by atoms with Crippen LogP contribution >= 0.6 is 0 Å². The summed E-state index contributed by atoms with van der Waals surface area (Å²) in [6.45, 7) is 7.16. The largest absolute Gasteiger partial charge is 0.375 e. The summed E-state index contributed by atoms with van der Waals surface area (Å²) in [5.41, 5.74) is 0. The van der Waals surface area contributed by atoms with Crippen molar-refractivity contribution in [2.75, 3.05) is 32.8 Å². The number of carbonyl (C=O) groups is 1. The third kappa shape index (κ3) is 2.79. The molecule has 0 saturated carbocycles. The van der Waals surface area contributed by atoms with Gasteiger partial charge in [0.25, 0.3) is 0 Å². The van der Waals surface area contributed by atoms with Gasteiger partial charge in [0.05, 0.1) is 25.8 Å². The van der Waals surface area contributed by atoms with Gasteiger partial charge in [-0.2, -0.15) is 0 Å². The van der Waals surface area contributed by atoms with Crippen molar-refractivity contribution >= 4 is 5.91 Å². The molecule has 1 amide bonds. The lowest BCUT2D eigenvalue weighted by atomic mass is 10.2. The first kappa shape index (κ1) is 12.6. The van der Waals surface area contributed by atoms with Crippen LogP contribution in [0.3, 0.4) is 0 Å². The van der Waals surface area contributed by atoms with Crippen LogP contribution in [0, 0.1) is 0 Å². The van der Waals surface area contributed by atoms with Gasteiger partial charge in [-0.1, -0.05) is 0 Å². The van der Waals surface area contributed by atoms with Crippen molar-refractivity contribution in [1.29, 1.82) is 0 Å². The average Bonchev–Trinajstić information content (AvgIpc) is 2.86. The molecule has 0 radical (unpaired) electrons. The van der Waals surface area contributed by atoms with E-state index in [1.807, 2.05) is 24.2 Å². The molecule has 19 heavy (non-hydrogen) atoms. The molecule has 1 saturated heterocycles. The smallest absolute Gasteiger partial charge is 0.236 e. The van der Waals surface area contributed by atoms with Crippen LogP contribution in [0.2, 0.25) is 0 Å². The molecule has 104 valence electrons. The summed E-state index contributed by atoms with van der Waals surface area (Å²) >= 11 is 0. The summed E-state index contributed by atoms with van der Waals surface area (Å²) in [7, 11) is 0. The number of imidazole rings is 1. The summed E-state index contributed by atoms with van der Waals surface area (Å²) < 4.78 is 7.61. The van der Waals surface area contributed by atoms with Crippen molar-refractivity contribution in [3.63, 3.8) is 0 Å². The number of morpholine rings is 1. The second kappa shape index (κ2) is 5.30. The highest BCUT2D eigenvalue weighted by Crippen LogP contribution is 2.11. The van der Waals surface area contributed by atoms with Crippen LogP contribution in [-0.4, -0.2) is 64.1 Å². The van der Waals surface area contributed by atoms with Gasteiger partial charge in [-0.15, -0.1) is 0 Å². The summed E-state index contributed by atoms with van der Waals surface area (Å²) in [5, 5.41) is 0. The van der Waals surface area contributed by atoms with E-state index in [2.05, 4.69) is 14.5 Å². The Bertz CT molecular complexity index is 459. The summed E-state index contributed by atoms with van der Waals surface area (Å²) in [6, 6.07) is 0. The monoisotopic (exact) mass is 264 g/mol. The van der Waals surface area contributed by atoms with Gasteiger partial charge in [0, 0.05) is 38.6 Å². The third-order valence-electron chi connectivity index (χ3n) is 3.78. The first-order chi connectivity index (χ1) is 9.22. The number of ether oxygens (including phenoxy) is 1. The lowest BCUT2D eigenvalue weighted by Crippen LogP contribution is -2.49. The highest BCUT2D eigenvalue weighted by atomic mass is 16.5. The van der Waals surface area contributed by atoms with Gasteiger partial charge in [0.1, 0.15) is 5.82 Å². The Balaban J connectivity index is 1.56. The van der Waals surface area contributed by atoms with E-state index in [-0.39, 0.29) is 12.0 Å². The van der Waals surface area contributed by atoms with Crippen LogP contribution in [0.5, 0.6) is 0 Å². The number of hydrogen-bond acceptors (Lipinski definition) is 4. The van der Waals surface area contributed by atoms with E-state index in [1.54, 1.807) is 0 Å². The maximum Gasteiger partial charge on any atom is 0.236 e. The molecular formula is C13H20N4O2. The van der Waals surface area contributed by atoms with Crippen molar-refractivity contribution in [1.82, 2.24) is 19.4 Å². The SMILES string of the molecule is C[C@H]1CN(C(=O)CN2CCn3ccnc3C2)CCO1. The normalized spacial score (nSPS) is 24.3. The Labute approximate surface area is 113 Å². The quantitative estimate of drug-likeness (QED) is 0.751. The number of aromatic nitrogens is 2. The van der Waals surface area contributed by atoms with Gasteiger partial charge < -0.3 is 14.2 Å². The number of fused-ring (bicyclic) bond motifs is 1. The molecule has 0 aliphatic carbocycles. The first-order valence-corrected chi connectivity index (χ1v) is 6.84. The van der Waals surface area contributed by atoms with Crippen molar-refractivity contribution in [2.45, 2.75) is 26.1 Å². The second-order valence-electron chi connectivity index (χ2n) is 5.27. The lowest BCUT2D eigenvalue weighted by molar-refractivity contribution is -0.139. The van der Waals surface area contributed by atoms with Crippen LogP contribution in [0.4, 0.5) is 0 Å². The molecule has 1 fully saturated rings. The summed E-state index contributed by atoms with van der Waals surface area (Å²) in [4.78, 5) is 20.7. The van der Waals surface area contributed by atoms with Gasteiger partial charge in [-0.25, -0.2) is 4.98 Å². The molecule has 6 heteroatoms. The van der Waals surface area contributed by atoms with Crippen LogP contribution in [0.25, 0.3) is 0 Å². The number of hydrogen-bond donors (Lipinski definition) is 0. The molecule has 0 bridgehead atoms. The van der Waals surface area contributed by atoms with Gasteiger partial charge in [0.2, 0.25) is 5.91 Å². The van der Waals surface area contributed by atoms with Crippen LogP contribution in [0.1, 0.15) is 12.7 Å². The van der Waals surface area contributed by atoms with Crippen LogP contribution in [0.15, 0.2) is 12.4 Å². The lowest BCUT2D eigenvalue weighted by Gasteiger charge is -2.34. The molecule has 2 aliphatic heterocycles. The van der Waals surface area contributed by atoms with Gasteiger partial charge >= 0.3 is 0 Å². The zero-order valence-corrected chi connectivity index (χ0v) is 11.3. The Morgan fingerprint density at radius 3 is 3.21 bits per heavy atom. The molecular weight excluding hydrogens is 244 g/mol. The first-order valence-electron chi connectivity index (χ1n) is 6.84. The van der Waals surface area contributed by atoms with Crippen molar-refractivity contribution in [3.8, 4) is 0 Å². The molecule has 0 N–H and O–H groups in total. The molecule has 1 aromatic rings.